The Labute approximate surface area is 159 Å². The number of rotatable bonds is 6. The van der Waals surface area contributed by atoms with Gasteiger partial charge in [-0.25, -0.2) is 0 Å². The minimum atomic E-state index is -0.238. The molecule has 0 spiro atoms. The summed E-state index contributed by atoms with van der Waals surface area (Å²) >= 11 is 6.00. The van der Waals surface area contributed by atoms with Crippen LogP contribution in [-0.4, -0.2) is 50.6 Å². The normalized spacial score (nSPS) is 14.8. The van der Waals surface area contributed by atoms with Gasteiger partial charge in [-0.1, -0.05) is 23.7 Å². The molecule has 1 heterocycles. The van der Waals surface area contributed by atoms with Gasteiger partial charge < -0.3 is 20.3 Å². The fraction of sp³-hybridized carbons (Fsp3) is 0.350. The summed E-state index contributed by atoms with van der Waals surface area (Å²) in [6, 6.07) is 13.0. The van der Waals surface area contributed by atoms with E-state index < -0.39 is 0 Å². The molecule has 0 atom stereocenters. The van der Waals surface area contributed by atoms with Gasteiger partial charge in [0.05, 0.1) is 12.7 Å². The molecule has 1 amide bonds. The number of nitrogens with zero attached hydrogens (tertiary/aromatic N) is 1. The molecule has 2 aromatic carbocycles. The highest BCUT2D eigenvalue weighted by molar-refractivity contribution is 6.31. The van der Waals surface area contributed by atoms with Crippen molar-refractivity contribution in [2.75, 3.05) is 45.2 Å². The van der Waals surface area contributed by atoms with Crippen molar-refractivity contribution in [3.63, 3.8) is 0 Å². The predicted octanol–water partition coefficient (Wildman–Crippen LogP) is 3.05. The highest BCUT2D eigenvalue weighted by Gasteiger charge is 2.13. The molecule has 0 aromatic heterocycles. The summed E-state index contributed by atoms with van der Waals surface area (Å²) in [5.41, 5.74) is 2.44. The van der Waals surface area contributed by atoms with Crippen LogP contribution in [0.15, 0.2) is 42.5 Å². The zero-order valence-corrected chi connectivity index (χ0v) is 15.7. The van der Waals surface area contributed by atoms with E-state index in [1.54, 1.807) is 18.2 Å². The van der Waals surface area contributed by atoms with E-state index >= 15 is 0 Å². The second kappa shape index (κ2) is 9.03. The number of carbonyl (C=O) groups is 1. The molecule has 2 aromatic rings. The lowest BCUT2D eigenvalue weighted by atomic mass is 10.1. The van der Waals surface area contributed by atoms with E-state index in [1.807, 2.05) is 12.1 Å². The average molecular weight is 374 g/mol. The molecule has 1 saturated heterocycles. The van der Waals surface area contributed by atoms with Crippen molar-refractivity contribution < 1.29 is 9.53 Å². The highest BCUT2D eigenvalue weighted by Crippen LogP contribution is 2.24. The molecular weight excluding hydrogens is 350 g/mol. The van der Waals surface area contributed by atoms with Crippen LogP contribution in [0.4, 0.5) is 5.69 Å². The van der Waals surface area contributed by atoms with Gasteiger partial charge in [-0.15, -0.1) is 0 Å². The highest BCUT2D eigenvalue weighted by atomic mass is 35.5. The summed E-state index contributed by atoms with van der Waals surface area (Å²) in [6.07, 6.45) is 1.01. The second-order valence-electron chi connectivity index (χ2n) is 6.34. The van der Waals surface area contributed by atoms with Gasteiger partial charge in [-0.3, -0.25) is 4.79 Å². The molecule has 2 N–H and O–H groups in total. The Kier molecular flexibility index (Phi) is 6.50. The second-order valence-corrected chi connectivity index (χ2v) is 6.77. The van der Waals surface area contributed by atoms with Crippen LogP contribution in [0.1, 0.15) is 15.9 Å². The van der Waals surface area contributed by atoms with E-state index in [0.717, 1.165) is 44.8 Å². The first-order valence-electron chi connectivity index (χ1n) is 8.82. The lowest BCUT2D eigenvalue weighted by molar-refractivity contribution is 0.102. The van der Waals surface area contributed by atoms with Crippen molar-refractivity contribution in [2.45, 2.75) is 6.42 Å². The maximum Gasteiger partial charge on any atom is 0.259 e. The lowest BCUT2D eigenvalue weighted by Gasteiger charge is -2.27. The van der Waals surface area contributed by atoms with Crippen molar-refractivity contribution in [2.24, 2.45) is 0 Å². The van der Waals surface area contributed by atoms with Crippen LogP contribution in [0.25, 0.3) is 0 Å². The predicted molar refractivity (Wildman–Crippen MR) is 105 cm³/mol. The molecule has 3 rings (SSSR count). The quantitative estimate of drug-likeness (QED) is 0.817. The van der Waals surface area contributed by atoms with Gasteiger partial charge >= 0.3 is 0 Å². The molecule has 1 aliphatic heterocycles. The lowest BCUT2D eigenvalue weighted by Crippen LogP contribution is -2.44. The van der Waals surface area contributed by atoms with Gasteiger partial charge in [0.25, 0.3) is 5.91 Å². The first-order valence-corrected chi connectivity index (χ1v) is 9.20. The molecular formula is C20H24ClN3O2. The molecule has 1 aliphatic rings. The van der Waals surface area contributed by atoms with E-state index in [-0.39, 0.29) is 5.91 Å². The molecule has 0 radical (unpaired) electrons. The Bertz CT molecular complexity index is 743. The van der Waals surface area contributed by atoms with E-state index in [0.29, 0.717) is 16.3 Å². The standard InChI is InChI=1S/C20H24ClN3O2/c1-26-19-7-4-16(21)14-18(19)20(25)23-17-5-2-15(3-6-17)8-11-24-12-9-22-10-13-24/h2-7,14,22H,8-13H2,1H3,(H,23,25). The number of anilines is 1. The molecule has 26 heavy (non-hydrogen) atoms. The van der Waals surface area contributed by atoms with Crippen LogP contribution in [0.5, 0.6) is 5.75 Å². The van der Waals surface area contributed by atoms with Crippen molar-refractivity contribution in [3.8, 4) is 5.75 Å². The van der Waals surface area contributed by atoms with E-state index in [2.05, 4.69) is 27.7 Å². The Morgan fingerprint density at radius 1 is 1.19 bits per heavy atom. The average Bonchev–Trinajstić information content (AvgIpc) is 2.68. The van der Waals surface area contributed by atoms with E-state index in [9.17, 15) is 4.79 Å². The van der Waals surface area contributed by atoms with E-state index in [1.165, 1.54) is 12.7 Å². The van der Waals surface area contributed by atoms with Gasteiger partial charge in [-0.05, 0) is 42.3 Å². The molecule has 0 saturated carbocycles. The Hall–Kier alpha value is -2.08. The fourth-order valence-electron chi connectivity index (χ4n) is 3.03. The van der Waals surface area contributed by atoms with Gasteiger partial charge in [0.1, 0.15) is 5.75 Å². The van der Waals surface area contributed by atoms with Crippen LogP contribution < -0.4 is 15.4 Å². The number of halogens is 1. The minimum Gasteiger partial charge on any atom is -0.496 e. The third-order valence-electron chi connectivity index (χ3n) is 4.54. The van der Waals surface area contributed by atoms with Crippen LogP contribution in [0, 0.1) is 0 Å². The maximum atomic E-state index is 12.5. The molecule has 0 unspecified atom stereocenters. The number of amides is 1. The Balaban J connectivity index is 1.58. The number of hydrogen-bond acceptors (Lipinski definition) is 4. The number of nitrogens with one attached hydrogen (secondary N) is 2. The minimum absolute atomic E-state index is 0.238. The molecule has 138 valence electrons. The maximum absolute atomic E-state index is 12.5. The van der Waals surface area contributed by atoms with Crippen molar-refractivity contribution in [1.82, 2.24) is 10.2 Å². The molecule has 1 fully saturated rings. The summed E-state index contributed by atoms with van der Waals surface area (Å²) in [5.74, 6) is 0.262. The van der Waals surface area contributed by atoms with Gasteiger partial charge in [0.2, 0.25) is 0 Å². The topological polar surface area (TPSA) is 53.6 Å². The van der Waals surface area contributed by atoms with Crippen molar-refractivity contribution in [1.29, 1.82) is 0 Å². The van der Waals surface area contributed by atoms with Crippen molar-refractivity contribution in [3.05, 3.63) is 58.6 Å². The van der Waals surface area contributed by atoms with Gasteiger partial charge in [0.15, 0.2) is 0 Å². The van der Waals surface area contributed by atoms with Gasteiger partial charge in [-0.2, -0.15) is 0 Å². The SMILES string of the molecule is COc1ccc(Cl)cc1C(=O)Nc1ccc(CCN2CCNCC2)cc1. The fourth-order valence-corrected chi connectivity index (χ4v) is 3.20. The van der Waals surface area contributed by atoms with Crippen LogP contribution in [0.3, 0.4) is 0 Å². The molecule has 5 nitrogen and oxygen atoms in total. The number of piperazine rings is 1. The Morgan fingerprint density at radius 2 is 1.92 bits per heavy atom. The molecule has 6 heteroatoms. The zero-order valence-electron chi connectivity index (χ0n) is 14.9. The summed E-state index contributed by atoms with van der Waals surface area (Å²) < 4.78 is 5.24. The number of methoxy groups -OCH3 is 1. The number of carbonyl (C=O) groups excluding carboxylic acids is 1. The summed E-state index contributed by atoms with van der Waals surface area (Å²) in [7, 11) is 1.53. The molecule has 0 aliphatic carbocycles. The van der Waals surface area contributed by atoms with Crippen LogP contribution in [0.2, 0.25) is 5.02 Å². The zero-order chi connectivity index (χ0) is 18.4. The summed E-state index contributed by atoms with van der Waals surface area (Å²) in [5, 5.41) is 6.76. The molecule has 0 bridgehead atoms. The summed E-state index contributed by atoms with van der Waals surface area (Å²) in [4.78, 5) is 15.0. The third-order valence-corrected chi connectivity index (χ3v) is 4.78. The number of hydrogen-bond donors (Lipinski definition) is 2. The van der Waals surface area contributed by atoms with Crippen LogP contribution in [-0.2, 0) is 6.42 Å². The largest absolute Gasteiger partial charge is 0.496 e. The van der Waals surface area contributed by atoms with Crippen LogP contribution >= 0.6 is 11.6 Å². The first-order chi connectivity index (χ1) is 12.7. The Morgan fingerprint density at radius 3 is 2.62 bits per heavy atom. The first kappa shape index (κ1) is 18.7. The third kappa shape index (κ3) is 4.97. The smallest absolute Gasteiger partial charge is 0.259 e. The monoisotopic (exact) mass is 373 g/mol. The number of ether oxygens (including phenoxy) is 1. The summed E-state index contributed by atoms with van der Waals surface area (Å²) in [6.45, 7) is 5.41. The van der Waals surface area contributed by atoms with E-state index in [4.69, 9.17) is 16.3 Å². The van der Waals surface area contributed by atoms with Crippen molar-refractivity contribution >= 4 is 23.2 Å². The number of benzene rings is 2. The van der Waals surface area contributed by atoms with Gasteiger partial charge in [0, 0.05) is 43.4 Å².